The second-order valence-corrected chi connectivity index (χ2v) is 8.30. The average molecular weight is 471 g/mol. The number of allylic oxidation sites excluding steroid dienone is 3. The number of pyridine rings is 1. The van der Waals surface area contributed by atoms with Crippen LogP contribution in [0.3, 0.4) is 0 Å². The number of thioether (sulfide) groups is 1. The third-order valence-electron chi connectivity index (χ3n) is 5.39. The summed E-state index contributed by atoms with van der Waals surface area (Å²) in [5, 5.41) is 19.4. The average Bonchev–Trinajstić information content (AvgIpc) is 2.86. The molecule has 0 aliphatic carbocycles. The van der Waals surface area contributed by atoms with Crippen molar-refractivity contribution in [2.75, 3.05) is 31.6 Å². The van der Waals surface area contributed by atoms with Crippen molar-refractivity contribution in [3.8, 4) is 12.1 Å². The zero-order valence-corrected chi connectivity index (χ0v) is 20.0. The summed E-state index contributed by atoms with van der Waals surface area (Å²) >= 11 is 1.12. The summed E-state index contributed by atoms with van der Waals surface area (Å²) in [6.45, 7) is 9.92. The van der Waals surface area contributed by atoms with E-state index in [4.69, 9.17) is 5.73 Å². The van der Waals surface area contributed by atoms with Gasteiger partial charge in [0.15, 0.2) is 0 Å². The van der Waals surface area contributed by atoms with Crippen molar-refractivity contribution < 1.29 is 9.18 Å². The van der Waals surface area contributed by atoms with Gasteiger partial charge >= 0.3 is 0 Å². The number of carbonyl (C=O) groups is 1. The molecule has 1 unspecified atom stereocenters. The number of halogens is 1. The molecule has 1 aliphatic rings. The van der Waals surface area contributed by atoms with Crippen LogP contribution in [0.5, 0.6) is 0 Å². The lowest BCUT2D eigenvalue weighted by atomic mass is 9.93. The van der Waals surface area contributed by atoms with Crippen molar-refractivity contribution in [2.24, 2.45) is 11.5 Å². The number of nitrogens with two attached hydrogens (primary N) is 2. The summed E-state index contributed by atoms with van der Waals surface area (Å²) in [5.41, 5.74) is 10.4. The number of anilines is 1. The lowest BCUT2D eigenvalue weighted by Gasteiger charge is -2.37. The van der Waals surface area contributed by atoms with Crippen LogP contribution in [-0.4, -0.2) is 48.9 Å². The zero-order chi connectivity index (χ0) is 25.0. The molecule has 7 nitrogen and oxygen atoms in total. The second-order valence-electron chi connectivity index (χ2n) is 7.17. The number of aromatic nitrogens is 1. The Balaban J connectivity index is 0.00000265. The minimum absolute atomic E-state index is 0.0466. The van der Waals surface area contributed by atoms with Crippen molar-refractivity contribution in [3.63, 3.8) is 0 Å². The van der Waals surface area contributed by atoms with E-state index < -0.39 is 10.9 Å². The van der Waals surface area contributed by atoms with Crippen LogP contribution in [0.25, 0.3) is 0 Å². The SMILES string of the molecule is C=C/C=C(\C=C)C(C=O)Sc1nc(N2CCC(F)(CN)CC2)c(C#N)c(CC)c1C#N.CN. The van der Waals surface area contributed by atoms with Crippen molar-refractivity contribution in [3.05, 3.63) is 53.6 Å². The zero-order valence-electron chi connectivity index (χ0n) is 19.2. The first-order valence-corrected chi connectivity index (χ1v) is 11.5. The molecule has 1 aromatic heterocycles. The van der Waals surface area contributed by atoms with Crippen molar-refractivity contribution in [2.45, 2.75) is 42.1 Å². The van der Waals surface area contributed by atoms with E-state index in [0.29, 0.717) is 47.1 Å². The monoisotopic (exact) mass is 470 g/mol. The van der Waals surface area contributed by atoms with Crippen molar-refractivity contribution >= 4 is 23.9 Å². The molecule has 1 atom stereocenters. The molecule has 0 amide bonds. The predicted octanol–water partition coefficient (Wildman–Crippen LogP) is 3.19. The topological polar surface area (TPSA) is 133 Å². The van der Waals surface area contributed by atoms with Crippen LogP contribution >= 0.6 is 11.8 Å². The lowest BCUT2D eigenvalue weighted by Crippen LogP contribution is -2.46. The van der Waals surface area contributed by atoms with E-state index >= 15 is 0 Å². The maximum atomic E-state index is 14.6. The van der Waals surface area contributed by atoms with Gasteiger partial charge in [0.2, 0.25) is 0 Å². The van der Waals surface area contributed by atoms with Crippen LogP contribution in [0.4, 0.5) is 10.2 Å². The molecule has 0 bridgehead atoms. The largest absolute Gasteiger partial charge is 0.355 e. The number of nitrogens with zero attached hydrogens (tertiary/aromatic N) is 4. The van der Waals surface area contributed by atoms with Gasteiger partial charge in [0, 0.05) is 32.5 Å². The lowest BCUT2D eigenvalue weighted by molar-refractivity contribution is -0.106. The molecule has 0 saturated carbocycles. The van der Waals surface area contributed by atoms with Gasteiger partial charge < -0.3 is 21.2 Å². The summed E-state index contributed by atoms with van der Waals surface area (Å²) < 4.78 is 14.6. The molecular weight excluding hydrogens is 439 g/mol. The molecule has 176 valence electrons. The third kappa shape index (κ3) is 6.52. The van der Waals surface area contributed by atoms with E-state index in [1.807, 2.05) is 11.8 Å². The molecule has 1 aromatic rings. The van der Waals surface area contributed by atoms with Gasteiger partial charge in [-0.3, -0.25) is 0 Å². The van der Waals surface area contributed by atoms with Gasteiger partial charge in [-0.05, 0) is 24.6 Å². The Morgan fingerprint density at radius 2 is 1.91 bits per heavy atom. The number of hydrogen-bond acceptors (Lipinski definition) is 8. The molecule has 33 heavy (non-hydrogen) atoms. The minimum atomic E-state index is -1.42. The van der Waals surface area contributed by atoms with E-state index in [2.05, 4.69) is 36.0 Å². The molecule has 1 saturated heterocycles. The fraction of sp³-hybridized carbons (Fsp3) is 0.417. The van der Waals surface area contributed by atoms with E-state index in [1.165, 1.54) is 7.05 Å². The minimum Gasteiger partial charge on any atom is -0.355 e. The van der Waals surface area contributed by atoms with Crippen LogP contribution in [0.1, 0.15) is 36.5 Å². The molecular formula is C24H31FN6OS. The van der Waals surface area contributed by atoms with Gasteiger partial charge in [0.25, 0.3) is 0 Å². The first-order chi connectivity index (χ1) is 15.9. The molecule has 0 radical (unpaired) electrons. The highest BCUT2D eigenvalue weighted by atomic mass is 32.2. The first-order valence-electron chi connectivity index (χ1n) is 10.6. The van der Waals surface area contributed by atoms with E-state index in [-0.39, 0.29) is 24.9 Å². The fourth-order valence-corrected chi connectivity index (χ4v) is 4.56. The number of alkyl halides is 1. The Labute approximate surface area is 199 Å². The Hall–Kier alpha value is -2.98. The Kier molecular flexibility index (Phi) is 11.5. The van der Waals surface area contributed by atoms with Gasteiger partial charge in [0.1, 0.15) is 34.9 Å². The first kappa shape index (κ1) is 28.1. The number of rotatable bonds is 9. The normalized spacial score (nSPS) is 15.8. The predicted molar refractivity (Wildman–Crippen MR) is 132 cm³/mol. The smallest absolute Gasteiger partial charge is 0.148 e. The van der Waals surface area contributed by atoms with Crippen LogP contribution in [0.15, 0.2) is 42.0 Å². The summed E-state index contributed by atoms with van der Waals surface area (Å²) in [5.74, 6) is 0.414. The molecule has 2 heterocycles. The Bertz CT molecular complexity index is 971. The number of piperidine rings is 1. The molecule has 0 spiro atoms. The third-order valence-corrected chi connectivity index (χ3v) is 6.54. The van der Waals surface area contributed by atoms with Crippen LogP contribution in [0, 0.1) is 22.7 Å². The summed E-state index contributed by atoms with van der Waals surface area (Å²) in [6, 6.07) is 4.33. The molecule has 9 heteroatoms. The maximum absolute atomic E-state index is 14.6. The number of nitriles is 2. The van der Waals surface area contributed by atoms with E-state index in [1.54, 1.807) is 18.2 Å². The fourth-order valence-electron chi connectivity index (χ4n) is 3.53. The standard InChI is InChI=1S/C23H26FN5OS.CH5N/c1-4-7-16(5-2)20(14-30)31-22-19(13-26)17(6-3)18(12-25)21(28-22)29-10-8-23(24,15-27)9-11-29;1-2/h4-5,7,14,20H,1-2,6,8-11,15,27H2,3H3;2H2,1H3/b16-7+;. The molecule has 2 rings (SSSR count). The highest BCUT2D eigenvalue weighted by Gasteiger charge is 2.35. The van der Waals surface area contributed by atoms with Crippen LogP contribution in [0.2, 0.25) is 0 Å². The van der Waals surface area contributed by atoms with Crippen molar-refractivity contribution in [1.29, 1.82) is 10.5 Å². The quantitative estimate of drug-likeness (QED) is 0.319. The van der Waals surface area contributed by atoms with Gasteiger partial charge in [0.05, 0.1) is 16.4 Å². The summed E-state index contributed by atoms with van der Waals surface area (Å²) in [7, 11) is 1.50. The van der Waals surface area contributed by atoms with Crippen LogP contribution < -0.4 is 16.4 Å². The number of hydrogen-bond donors (Lipinski definition) is 2. The molecule has 1 fully saturated rings. The Morgan fingerprint density at radius 1 is 1.30 bits per heavy atom. The van der Waals surface area contributed by atoms with Crippen molar-refractivity contribution in [1.82, 2.24) is 4.98 Å². The summed E-state index contributed by atoms with van der Waals surface area (Å²) in [6.07, 6.45) is 6.47. The maximum Gasteiger partial charge on any atom is 0.148 e. The van der Waals surface area contributed by atoms with Crippen LogP contribution in [-0.2, 0) is 11.2 Å². The van der Waals surface area contributed by atoms with E-state index in [0.717, 1.165) is 18.0 Å². The van der Waals surface area contributed by atoms with Gasteiger partial charge in [-0.15, -0.1) is 0 Å². The van der Waals surface area contributed by atoms with Gasteiger partial charge in [-0.2, -0.15) is 10.5 Å². The van der Waals surface area contributed by atoms with Gasteiger partial charge in [-0.1, -0.05) is 50.1 Å². The van der Waals surface area contributed by atoms with E-state index in [9.17, 15) is 19.7 Å². The highest BCUT2D eigenvalue weighted by Crippen LogP contribution is 2.37. The number of aldehydes is 1. The molecule has 0 aromatic carbocycles. The highest BCUT2D eigenvalue weighted by molar-refractivity contribution is 8.00. The second kappa shape index (κ2) is 13.5. The molecule has 4 N–H and O–H groups in total. The molecule has 1 aliphatic heterocycles. The van der Waals surface area contributed by atoms with Gasteiger partial charge in [-0.25, -0.2) is 9.37 Å². The Morgan fingerprint density at radius 3 is 2.33 bits per heavy atom. The number of carbonyl (C=O) groups excluding carboxylic acids is 1. The summed E-state index contributed by atoms with van der Waals surface area (Å²) in [4.78, 5) is 18.3.